The first kappa shape index (κ1) is 15.7. The van der Waals surface area contributed by atoms with Crippen LogP contribution in [0.2, 0.25) is 0 Å². The first-order chi connectivity index (χ1) is 10.1. The molecular weight excluding hydrogens is 264 g/mol. The van der Waals surface area contributed by atoms with Crippen molar-refractivity contribution in [3.8, 4) is 0 Å². The van der Waals surface area contributed by atoms with Gasteiger partial charge in [-0.05, 0) is 25.5 Å². The quantitative estimate of drug-likeness (QED) is 0.782. The van der Waals surface area contributed by atoms with E-state index in [2.05, 4.69) is 11.1 Å². The number of aliphatic imine (C=N–C) groups is 1. The molecule has 0 aliphatic carbocycles. The molecule has 1 aromatic rings. The maximum absolute atomic E-state index is 12.3. The van der Waals surface area contributed by atoms with Crippen molar-refractivity contribution in [3.63, 3.8) is 0 Å². The van der Waals surface area contributed by atoms with Gasteiger partial charge in [0.1, 0.15) is 0 Å². The van der Waals surface area contributed by atoms with Crippen LogP contribution in [-0.4, -0.2) is 37.4 Å². The van der Waals surface area contributed by atoms with Crippen LogP contribution in [0, 0.1) is 0 Å². The molecule has 1 heterocycles. The summed E-state index contributed by atoms with van der Waals surface area (Å²) in [7, 11) is 1.69. The van der Waals surface area contributed by atoms with Crippen LogP contribution in [-0.2, 0) is 16.0 Å². The predicted octanol–water partition coefficient (Wildman–Crippen LogP) is 2.85. The Morgan fingerprint density at radius 2 is 2.19 bits per heavy atom. The Kier molecular flexibility index (Phi) is 5.12. The van der Waals surface area contributed by atoms with Crippen molar-refractivity contribution in [2.45, 2.75) is 51.8 Å². The number of amides is 1. The summed E-state index contributed by atoms with van der Waals surface area (Å²) in [6, 6.07) is 8.18. The molecule has 1 aliphatic heterocycles. The van der Waals surface area contributed by atoms with Crippen molar-refractivity contribution >= 4 is 17.8 Å². The fraction of sp³-hybridized carbons (Fsp3) is 0.529. The third-order valence-electron chi connectivity index (χ3n) is 4.13. The maximum atomic E-state index is 12.3. The van der Waals surface area contributed by atoms with Crippen molar-refractivity contribution in [1.29, 1.82) is 0 Å². The molecule has 0 aromatic heterocycles. The summed E-state index contributed by atoms with van der Waals surface area (Å²) in [4.78, 5) is 18.7. The molecule has 0 spiro atoms. The van der Waals surface area contributed by atoms with Crippen LogP contribution in [0.4, 0.5) is 5.69 Å². The van der Waals surface area contributed by atoms with Crippen molar-refractivity contribution < 1.29 is 9.53 Å². The largest absolute Gasteiger partial charge is 0.380 e. The Morgan fingerprint density at radius 3 is 2.86 bits per heavy atom. The second-order valence-corrected chi connectivity index (χ2v) is 5.50. The van der Waals surface area contributed by atoms with E-state index in [1.165, 1.54) is 5.56 Å². The van der Waals surface area contributed by atoms with Gasteiger partial charge >= 0.3 is 0 Å². The number of hydrogen-bond acceptors (Lipinski definition) is 3. The van der Waals surface area contributed by atoms with Crippen molar-refractivity contribution in [2.75, 3.05) is 12.0 Å². The van der Waals surface area contributed by atoms with E-state index in [1.54, 1.807) is 7.11 Å². The Balaban J connectivity index is 2.20. The Labute approximate surface area is 126 Å². The van der Waals surface area contributed by atoms with E-state index in [0.717, 1.165) is 12.1 Å². The number of rotatable bonds is 5. The van der Waals surface area contributed by atoms with Gasteiger partial charge in [-0.1, -0.05) is 25.1 Å². The van der Waals surface area contributed by atoms with Gasteiger partial charge in [0.15, 0.2) is 0 Å². The zero-order valence-corrected chi connectivity index (χ0v) is 13.2. The molecule has 0 N–H and O–H groups in total. The highest BCUT2D eigenvalue weighted by atomic mass is 16.5. The summed E-state index contributed by atoms with van der Waals surface area (Å²) in [5.41, 5.74) is 2.23. The number of carbonyl (C=O) groups is 1. The number of anilines is 1. The molecule has 1 aliphatic rings. The molecule has 0 saturated carbocycles. The highest BCUT2D eigenvalue weighted by Gasteiger charge is 2.31. The molecule has 0 fully saturated rings. The van der Waals surface area contributed by atoms with Crippen LogP contribution < -0.4 is 4.90 Å². The van der Waals surface area contributed by atoms with E-state index in [-0.39, 0.29) is 24.1 Å². The van der Waals surface area contributed by atoms with Gasteiger partial charge in [0, 0.05) is 31.9 Å². The number of hydrogen-bond donors (Lipinski definition) is 0. The lowest BCUT2D eigenvalue weighted by Gasteiger charge is -2.23. The second kappa shape index (κ2) is 6.85. The second-order valence-electron chi connectivity index (χ2n) is 5.50. The molecule has 0 bridgehead atoms. The van der Waals surface area contributed by atoms with Crippen molar-refractivity contribution in [1.82, 2.24) is 0 Å². The lowest BCUT2D eigenvalue weighted by molar-refractivity contribution is -0.118. The number of nitrogens with zero attached hydrogens (tertiary/aromatic N) is 2. The summed E-state index contributed by atoms with van der Waals surface area (Å²) >= 11 is 0. The third-order valence-corrected chi connectivity index (χ3v) is 4.13. The Bertz CT molecular complexity index is 527. The Morgan fingerprint density at radius 1 is 1.48 bits per heavy atom. The zero-order valence-electron chi connectivity index (χ0n) is 13.2. The molecule has 1 amide bonds. The smallest absolute Gasteiger partial charge is 0.227 e. The van der Waals surface area contributed by atoms with Crippen LogP contribution >= 0.6 is 0 Å². The standard InChI is InChI=1S/C17H24N2O2/c1-5-17(20)19-15(11-18-12(2)13(3)21-4)10-14-8-6-7-9-16(14)19/h6-9,11-13,15H,5,10H2,1-4H3/t12?,13-,15+/m1/s1. The number of benzene rings is 1. The molecule has 21 heavy (non-hydrogen) atoms. The lowest BCUT2D eigenvalue weighted by atomic mass is 10.1. The summed E-state index contributed by atoms with van der Waals surface area (Å²) in [5, 5.41) is 0. The van der Waals surface area contributed by atoms with Crippen LogP contribution in [0.25, 0.3) is 0 Å². The fourth-order valence-corrected chi connectivity index (χ4v) is 2.58. The van der Waals surface area contributed by atoms with E-state index in [4.69, 9.17) is 4.74 Å². The molecule has 0 radical (unpaired) electrons. The van der Waals surface area contributed by atoms with Crippen LogP contribution in [0.3, 0.4) is 0 Å². The maximum Gasteiger partial charge on any atom is 0.227 e. The van der Waals surface area contributed by atoms with E-state index < -0.39 is 0 Å². The minimum absolute atomic E-state index is 0.0151. The Hall–Kier alpha value is -1.68. The first-order valence-corrected chi connectivity index (χ1v) is 7.54. The molecule has 114 valence electrons. The topological polar surface area (TPSA) is 41.9 Å². The summed E-state index contributed by atoms with van der Waals surface area (Å²) in [6.07, 6.45) is 3.32. The van der Waals surface area contributed by atoms with Gasteiger partial charge in [-0.15, -0.1) is 0 Å². The zero-order chi connectivity index (χ0) is 15.4. The van der Waals surface area contributed by atoms with Gasteiger partial charge in [-0.2, -0.15) is 0 Å². The summed E-state index contributed by atoms with van der Waals surface area (Å²) in [6.45, 7) is 5.92. The number of fused-ring (bicyclic) bond motifs is 1. The molecule has 1 unspecified atom stereocenters. The van der Waals surface area contributed by atoms with Crippen LogP contribution in [0.5, 0.6) is 0 Å². The number of methoxy groups -OCH3 is 1. The molecule has 4 heteroatoms. The predicted molar refractivity (Wildman–Crippen MR) is 86.1 cm³/mol. The van der Waals surface area contributed by atoms with E-state index >= 15 is 0 Å². The van der Waals surface area contributed by atoms with E-state index in [0.29, 0.717) is 6.42 Å². The van der Waals surface area contributed by atoms with Gasteiger partial charge in [-0.3, -0.25) is 9.79 Å². The molecule has 3 atom stereocenters. The molecular formula is C17H24N2O2. The molecule has 2 rings (SSSR count). The van der Waals surface area contributed by atoms with E-state index in [1.807, 2.05) is 50.1 Å². The van der Waals surface area contributed by atoms with Crippen LogP contribution in [0.15, 0.2) is 29.3 Å². The number of carbonyl (C=O) groups excluding carboxylic acids is 1. The van der Waals surface area contributed by atoms with Crippen LogP contribution in [0.1, 0.15) is 32.8 Å². The third kappa shape index (κ3) is 3.32. The SMILES string of the molecule is CCC(=O)N1c2ccccc2C[C@H]1C=NC(C)[C@@H](C)OC. The summed E-state index contributed by atoms with van der Waals surface area (Å²) in [5.74, 6) is 0.142. The molecule has 1 aromatic carbocycles. The minimum atomic E-state index is 0.0151. The van der Waals surface area contributed by atoms with Gasteiger partial charge in [0.2, 0.25) is 5.91 Å². The molecule has 4 nitrogen and oxygen atoms in total. The molecule has 0 saturated heterocycles. The fourth-order valence-electron chi connectivity index (χ4n) is 2.58. The summed E-state index contributed by atoms with van der Waals surface area (Å²) < 4.78 is 5.29. The van der Waals surface area contributed by atoms with Gasteiger partial charge in [-0.25, -0.2) is 0 Å². The lowest BCUT2D eigenvalue weighted by Crippen LogP contribution is -2.38. The average molecular weight is 288 g/mol. The minimum Gasteiger partial charge on any atom is -0.380 e. The number of ether oxygens (including phenoxy) is 1. The average Bonchev–Trinajstić information content (AvgIpc) is 2.89. The highest BCUT2D eigenvalue weighted by molar-refractivity contribution is 6.00. The van der Waals surface area contributed by atoms with E-state index in [9.17, 15) is 4.79 Å². The van der Waals surface area contributed by atoms with Crippen molar-refractivity contribution in [2.24, 2.45) is 4.99 Å². The highest BCUT2D eigenvalue weighted by Crippen LogP contribution is 2.31. The number of para-hydroxylation sites is 1. The van der Waals surface area contributed by atoms with Gasteiger partial charge < -0.3 is 9.64 Å². The first-order valence-electron chi connectivity index (χ1n) is 7.54. The van der Waals surface area contributed by atoms with Crippen molar-refractivity contribution in [3.05, 3.63) is 29.8 Å². The van der Waals surface area contributed by atoms with Gasteiger partial charge in [0.05, 0.1) is 18.2 Å². The monoisotopic (exact) mass is 288 g/mol. The normalized spacial score (nSPS) is 20.6. The van der Waals surface area contributed by atoms with Gasteiger partial charge in [0.25, 0.3) is 0 Å².